The van der Waals surface area contributed by atoms with E-state index in [2.05, 4.69) is 36.6 Å². The SMILES string of the molecule is CC(C)C[C@H](NC(=O)OC(C)(C)C)C(O)CNCCCc1ccccc1. The zero-order valence-corrected chi connectivity index (χ0v) is 16.9. The van der Waals surface area contributed by atoms with Crippen LogP contribution in [0.1, 0.15) is 53.0 Å². The van der Waals surface area contributed by atoms with Gasteiger partial charge in [-0.25, -0.2) is 4.79 Å². The molecule has 5 nitrogen and oxygen atoms in total. The lowest BCUT2D eigenvalue weighted by molar-refractivity contribution is 0.0404. The van der Waals surface area contributed by atoms with Gasteiger partial charge in [0.15, 0.2) is 0 Å². The number of alkyl carbamates (subject to hydrolysis) is 1. The number of amides is 1. The first-order chi connectivity index (χ1) is 12.2. The molecule has 3 N–H and O–H groups in total. The van der Waals surface area contributed by atoms with Crippen molar-refractivity contribution in [1.29, 1.82) is 0 Å². The molecule has 0 heterocycles. The summed E-state index contributed by atoms with van der Waals surface area (Å²) in [6.45, 7) is 10.9. The topological polar surface area (TPSA) is 70.6 Å². The van der Waals surface area contributed by atoms with E-state index >= 15 is 0 Å². The van der Waals surface area contributed by atoms with Gasteiger partial charge in [0, 0.05) is 6.54 Å². The Bertz CT molecular complexity index is 512. The van der Waals surface area contributed by atoms with Crippen LogP contribution in [0.3, 0.4) is 0 Å². The van der Waals surface area contributed by atoms with E-state index in [0.717, 1.165) is 19.4 Å². The zero-order valence-electron chi connectivity index (χ0n) is 16.9. The number of aliphatic hydroxyl groups excluding tert-OH is 1. The molecule has 1 aromatic rings. The molecule has 0 fully saturated rings. The van der Waals surface area contributed by atoms with Crippen LogP contribution in [-0.2, 0) is 11.2 Å². The number of carbonyl (C=O) groups excluding carboxylic acids is 1. The van der Waals surface area contributed by atoms with Crippen LogP contribution < -0.4 is 10.6 Å². The molecule has 26 heavy (non-hydrogen) atoms. The van der Waals surface area contributed by atoms with Crippen LogP contribution in [0.15, 0.2) is 30.3 Å². The van der Waals surface area contributed by atoms with Gasteiger partial charge in [-0.15, -0.1) is 0 Å². The number of rotatable bonds is 10. The van der Waals surface area contributed by atoms with E-state index in [1.54, 1.807) is 0 Å². The van der Waals surface area contributed by atoms with Gasteiger partial charge in [0.25, 0.3) is 0 Å². The van der Waals surface area contributed by atoms with E-state index in [4.69, 9.17) is 4.74 Å². The number of carbonyl (C=O) groups is 1. The second-order valence-electron chi connectivity index (χ2n) is 8.24. The van der Waals surface area contributed by atoms with Crippen LogP contribution in [0.4, 0.5) is 4.79 Å². The Morgan fingerprint density at radius 2 is 1.85 bits per heavy atom. The Balaban J connectivity index is 2.37. The van der Waals surface area contributed by atoms with Gasteiger partial charge in [0.05, 0.1) is 12.1 Å². The molecule has 0 spiro atoms. The van der Waals surface area contributed by atoms with Gasteiger partial charge in [-0.05, 0) is 58.1 Å². The summed E-state index contributed by atoms with van der Waals surface area (Å²) in [7, 11) is 0. The van der Waals surface area contributed by atoms with Gasteiger partial charge in [0.2, 0.25) is 0 Å². The summed E-state index contributed by atoms with van der Waals surface area (Å²) < 4.78 is 5.31. The molecule has 1 unspecified atom stereocenters. The van der Waals surface area contributed by atoms with E-state index in [1.165, 1.54) is 5.56 Å². The highest BCUT2D eigenvalue weighted by atomic mass is 16.6. The summed E-state index contributed by atoms with van der Waals surface area (Å²) in [4.78, 5) is 12.0. The first-order valence-corrected chi connectivity index (χ1v) is 9.59. The predicted molar refractivity (Wildman–Crippen MR) is 106 cm³/mol. The molecule has 0 aliphatic rings. The minimum Gasteiger partial charge on any atom is -0.444 e. The summed E-state index contributed by atoms with van der Waals surface area (Å²) in [6, 6.07) is 10.0. The maximum absolute atomic E-state index is 12.0. The van der Waals surface area contributed by atoms with E-state index in [-0.39, 0.29) is 6.04 Å². The fourth-order valence-corrected chi connectivity index (χ4v) is 2.73. The average Bonchev–Trinajstić information content (AvgIpc) is 2.52. The third-order valence-electron chi connectivity index (χ3n) is 3.91. The van der Waals surface area contributed by atoms with Crippen molar-refractivity contribution in [1.82, 2.24) is 10.6 Å². The largest absolute Gasteiger partial charge is 0.444 e. The molecule has 0 aliphatic heterocycles. The van der Waals surface area contributed by atoms with Crippen molar-refractivity contribution >= 4 is 6.09 Å². The maximum Gasteiger partial charge on any atom is 0.407 e. The zero-order chi connectivity index (χ0) is 19.6. The Morgan fingerprint density at radius 1 is 1.19 bits per heavy atom. The van der Waals surface area contributed by atoms with Crippen molar-refractivity contribution in [2.24, 2.45) is 5.92 Å². The molecule has 0 saturated heterocycles. The van der Waals surface area contributed by atoms with Gasteiger partial charge < -0.3 is 20.5 Å². The van der Waals surface area contributed by atoms with Crippen molar-refractivity contribution in [3.8, 4) is 0 Å². The molecule has 2 atom stereocenters. The highest BCUT2D eigenvalue weighted by molar-refractivity contribution is 5.68. The molecule has 148 valence electrons. The number of aryl methyl sites for hydroxylation is 1. The Kier molecular flexibility index (Phi) is 9.66. The monoisotopic (exact) mass is 364 g/mol. The molecule has 1 amide bonds. The molecular formula is C21H36N2O3. The number of ether oxygens (including phenoxy) is 1. The standard InChI is InChI=1S/C21H36N2O3/c1-16(2)14-18(23-20(25)26-21(3,4)5)19(24)15-22-13-9-12-17-10-7-6-8-11-17/h6-8,10-11,16,18-19,22,24H,9,12-15H2,1-5H3,(H,23,25)/t18-,19?/m0/s1. The lowest BCUT2D eigenvalue weighted by Gasteiger charge is -2.28. The van der Waals surface area contributed by atoms with Crippen molar-refractivity contribution < 1.29 is 14.6 Å². The molecule has 5 heteroatoms. The van der Waals surface area contributed by atoms with E-state index in [0.29, 0.717) is 18.9 Å². The lowest BCUT2D eigenvalue weighted by Crippen LogP contribution is -2.49. The molecule has 0 aromatic heterocycles. The molecule has 0 radical (unpaired) electrons. The molecule has 0 bridgehead atoms. The Morgan fingerprint density at radius 3 is 2.42 bits per heavy atom. The number of benzene rings is 1. The van der Waals surface area contributed by atoms with Gasteiger partial charge >= 0.3 is 6.09 Å². The fraction of sp³-hybridized carbons (Fsp3) is 0.667. The van der Waals surface area contributed by atoms with Crippen molar-refractivity contribution in [3.63, 3.8) is 0 Å². The van der Waals surface area contributed by atoms with E-state index in [9.17, 15) is 9.90 Å². The second-order valence-corrected chi connectivity index (χ2v) is 8.24. The molecule has 1 rings (SSSR count). The highest BCUT2D eigenvalue weighted by Gasteiger charge is 2.25. The Labute approximate surface area is 158 Å². The summed E-state index contributed by atoms with van der Waals surface area (Å²) in [5, 5.41) is 16.6. The summed E-state index contributed by atoms with van der Waals surface area (Å²) in [5.74, 6) is 0.364. The number of nitrogens with one attached hydrogen (secondary N) is 2. The smallest absolute Gasteiger partial charge is 0.407 e. The summed E-state index contributed by atoms with van der Waals surface area (Å²) in [5.41, 5.74) is 0.770. The van der Waals surface area contributed by atoms with E-state index in [1.807, 2.05) is 39.0 Å². The van der Waals surface area contributed by atoms with Crippen LogP contribution in [0.2, 0.25) is 0 Å². The van der Waals surface area contributed by atoms with E-state index < -0.39 is 17.8 Å². The van der Waals surface area contributed by atoms with Gasteiger partial charge in [-0.3, -0.25) is 0 Å². The van der Waals surface area contributed by atoms with Crippen LogP contribution >= 0.6 is 0 Å². The van der Waals surface area contributed by atoms with Crippen LogP contribution in [-0.4, -0.2) is 42.0 Å². The highest BCUT2D eigenvalue weighted by Crippen LogP contribution is 2.11. The van der Waals surface area contributed by atoms with Crippen LogP contribution in [0.5, 0.6) is 0 Å². The van der Waals surface area contributed by atoms with Gasteiger partial charge in [-0.2, -0.15) is 0 Å². The third-order valence-corrected chi connectivity index (χ3v) is 3.91. The number of aliphatic hydroxyl groups is 1. The van der Waals surface area contributed by atoms with Crippen molar-refractivity contribution in [2.45, 2.75) is 71.6 Å². The predicted octanol–water partition coefficient (Wildman–Crippen LogP) is 3.51. The van der Waals surface area contributed by atoms with Crippen molar-refractivity contribution in [2.75, 3.05) is 13.1 Å². The van der Waals surface area contributed by atoms with Crippen molar-refractivity contribution in [3.05, 3.63) is 35.9 Å². The van der Waals surface area contributed by atoms with Crippen LogP contribution in [0, 0.1) is 5.92 Å². The minimum absolute atomic E-state index is 0.327. The van der Waals surface area contributed by atoms with Crippen LogP contribution in [0.25, 0.3) is 0 Å². The molecule has 0 saturated carbocycles. The quantitative estimate of drug-likeness (QED) is 0.556. The second kappa shape index (κ2) is 11.2. The van der Waals surface area contributed by atoms with Gasteiger partial charge in [0.1, 0.15) is 5.60 Å². The fourth-order valence-electron chi connectivity index (χ4n) is 2.73. The third kappa shape index (κ3) is 10.4. The normalized spacial score (nSPS) is 14.1. The first-order valence-electron chi connectivity index (χ1n) is 9.59. The lowest BCUT2D eigenvalue weighted by atomic mass is 9.99. The minimum atomic E-state index is -0.651. The average molecular weight is 365 g/mol. The molecule has 1 aromatic carbocycles. The summed E-state index contributed by atoms with van der Waals surface area (Å²) in [6.07, 6.45) is 1.58. The maximum atomic E-state index is 12.0. The molecular weight excluding hydrogens is 328 g/mol. The Hall–Kier alpha value is -1.59. The first kappa shape index (κ1) is 22.5. The summed E-state index contributed by atoms with van der Waals surface area (Å²) >= 11 is 0. The molecule has 0 aliphatic carbocycles. The number of hydrogen-bond donors (Lipinski definition) is 3. The number of hydrogen-bond acceptors (Lipinski definition) is 4. The van der Waals surface area contributed by atoms with Gasteiger partial charge in [-0.1, -0.05) is 44.2 Å².